The molecule has 2 heterocycles. The maximum Gasteiger partial charge on any atom is 1.00 e. The average Bonchev–Trinajstić information content (AvgIpc) is 2.34. The van der Waals surface area contributed by atoms with E-state index in [1.165, 1.54) is 11.8 Å². The summed E-state index contributed by atoms with van der Waals surface area (Å²) in [5, 5.41) is 22.9. The minimum atomic E-state index is -1.45. The first-order chi connectivity index (χ1) is 9.32. The van der Waals surface area contributed by atoms with E-state index in [-0.39, 0.29) is 35.3 Å². The molecule has 9 nitrogen and oxygen atoms in total. The van der Waals surface area contributed by atoms with Gasteiger partial charge in [0.1, 0.15) is 11.4 Å². The summed E-state index contributed by atoms with van der Waals surface area (Å²) in [4.78, 5) is 44.6. The molecule has 0 bridgehead atoms. The number of carbonyl (C=O) groups is 3. The Morgan fingerprint density at radius 1 is 1.52 bits per heavy atom. The van der Waals surface area contributed by atoms with Gasteiger partial charge in [0.2, 0.25) is 0 Å². The van der Waals surface area contributed by atoms with Crippen molar-refractivity contribution in [2.24, 2.45) is 0 Å². The van der Waals surface area contributed by atoms with E-state index in [2.05, 4.69) is 5.32 Å². The van der Waals surface area contributed by atoms with Crippen molar-refractivity contribution < 1.29 is 54.0 Å². The first-order valence-corrected chi connectivity index (χ1v) is 6.64. The molecule has 0 radical (unpaired) electrons. The Bertz CT molecular complexity index is 551. The first kappa shape index (κ1) is 18.0. The van der Waals surface area contributed by atoms with Gasteiger partial charge < -0.3 is 15.2 Å². The summed E-state index contributed by atoms with van der Waals surface area (Å²) in [5.74, 6) is -2.54. The van der Waals surface area contributed by atoms with Gasteiger partial charge in [-0.25, -0.2) is 0 Å². The predicted octanol–water partition coefficient (Wildman–Crippen LogP) is -5.31. The molecule has 1 unspecified atom stereocenters. The molecule has 1 saturated heterocycles. The monoisotopic (exact) mass is 323 g/mol. The van der Waals surface area contributed by atoms with Crippen molar-refractivity contribution >= 4 is 29.5 Å². The van der Waals surface area contributed by atoms with E-state index in [1.807, 2.05) is 0 Å². The zero-order valence-corrected chi connectivity index (χ0v) is 14.1. The second-order valence-corrected chi connectivity index (χ2v) is 5.47. The van der Waals surface area contributed by atoms with E-state index in [0.29, 0.717) is 11.3 Å². The second-order valence-electron chi connectivity index (χ2n) is 4.36. The molecule has 2 aliphatic heterocycles. The maximum absolute atomic E-state index is 11.9. The molecule has 2 atom stereocenters. The SMILES string of the molecule is CC1=C(C(=O)[O-])N2C(=O)C(NC(=O)C[N+](=O)[O-])[C@@H]2SC1.[Na+]. The molecule has 0 aromatic carbocycles. The standard InChI is InChI=1S/C10H11N3O6S.Na/c1-4-3-20-9-6(11-5(14)2-12(18)19)8(15)13(9)7(4)10(16)17;/h6,9H,2-3H2,1H3,(H,11,14)(H,16,17);/q;+1/p-1/t6?,9-;/m0./s1. The molecule has 2 rings (SSSR count). The third-order valence-electron chi connectivity index (χ3n) is 2.94. The number of amides is 2. The largest absolute Gasteiger partial charge is 1.00 e. The third kappa shape index (κ3) is 3.39. The van der Waals surface area contributed by atoms with Crippen LogP contribution in [0, 0.1) is 10.1 Å². The molecule has 21 heavy (non-hydrogen) atoms. The number of carbonyl (C=O) groups excluding carboxylic acids is 3. The number of nitrogens with zero attached hydrogens (tertiary/aromatic N) is 2. The minimum Gasteiger partial charge on any atom is -0.543 e. The van der Waals surface area contributed by atoms with Crippen LogP contribution >= 0.6 is 11.8 Å². The smallest absolute Gasteiger partial charge is 0.543 e. The van der Waals surface area contributed by atoms with E-state index >= 15 is 0 Å². The van der Waals surface area contributed by atoms with Crippen LogP contribution in [0.1, 0.15) is 6.92 Å². The van der Waals surface area contributed by atoms with E-state index in [0.717, 1.165) is 4.90 Å². The number of hydrogen-bond acceptors (Lipinski definition) is 7. The Balaban J connectivity index is 0.00000220. The van der Waals surface area contributed by atoms with Crippen molar-refractivity contribution in [2.45, 2.75) is 18.3 Å². The van der Waals surface area contributed by atoms with Crippen molar-refractivity contribution in [1.29, 1.82) is 0 Å². The van der Waals surface area contributed by atoms with Crippen LogP contribution in [-0.4, -0.2) is 51.3 Å². The molecular formula is C10H10N3NaO6S. The van der Waals surface area contributed by atoms with E-state index in [4.69, 9.17) is 0 Å². The van der Waals surface area contributed by atoms with Gasteiger partial charge in [-0.2, -0.15) is 0 Å². The Labute approximate surface area is 145 Å². The first-order valence-electron chi connectivity index (χ1n) is 5.60. The summed E-state index contributed by atoms with van der Waals surface area (Å²) in [7, 11) is 0. The summed E-state index contributed by atoms with van der Waals surface area (Å²) < 4.78 is 0. The molecule has 2 amide bonds. The number of thioether (sulfide) groups is 1. The number of rotatable bonds is 4. The summed E-state index contributed by atoms with van der Waals surface area (Å²) >= 11 is 1.29. The maximum atomic E-state index is 11.9. The minimum absolute atomic E-state index is 0. The fraction of sp³-hybridized carbons (Fsp3) is 0.500. The van der Waals surface area contributed by atoms with Crippen LogP contribution in [0.15, 0.2) is 11.3 Å². The quantitative estimate of drug-likeness (QED) is 0.236. The number of fused-ring (bicyclic) bond motifs is 1. The van der Waals surface area contributed by atoms with Crippen LogP contribution in [0.4, 0.5) is 0 Å². The van der Waals surface area contributed by atoms with E-state index in [9.17, 15) is 29.6 Å². The summed E-state index contributed by atoms with van der Waals surface area (Å²) in [6, 6.07) is -0.935. The summed E-state index contributed by atoms with van der Waals surface area (Å²) in [5.41, 5.74) is 0.327. The van der Waals surface area contributed by atoms with Gasteiger partial charge in [0.05, 0.1) is 11.7 Å². The topological polar surface area (TPSA) is 133 Å². The van der Waals surface area contributed by atoms with Crippen molar-refractivity contribution in [3.8, 4) is 0 Å². The fourth-order valence-corrected chi connectivity index (χ4v) is 3.39. The predicted molar refractivity (Wildman–Crippen MR) is 64.6 cm³/mol. The molecule has 1 fully saturated rings. The molecule has 0 aromatic rings. The van der Waals surface area contributed by atoms with E-state index < -0.39 is 40.7 Å². The van der Waals surface area contributed by atoms with Gasteiger partial charge in [0, 0.05) is 10.7 Å². The van der Waals surface area contributed by atoms with Gasteiger partial charge in [0.25, 0.3) is 18.4 Å². The van der Waals surface area contributed by atoms with Gasteiger partial charge >= 0.3 is 29.6 Å². The molecular weight excluding hydrogens is 313 g/mol. The molecule has 0 saturated carbocycles. The van der Waals surface area contributed by atoms with Crippen LogP contribution in [0.5, 0.6) is 0 Å². The van der Waals surface area contributed by atoms with Crippen molar-refractivity contribution in [2.75, 3.05) is 12.3 Å². The molecule has 11 heteroatoms. The zero-order chi connectivity index (χ0) is 15.0. The number of hydrogen-bond donors (Lipinski definition) is 1. The molecule has 0 aliphatic carbocycles. The third-order valence-corrected chi connectivity index (χ3v) is 4.37. The van der Waals surface area contributed by atoms with Crippen LogP contribution in [0.25, 0.3) is 0 Å². The second kappa shape index (κ2) is 6.77. The Morgan fingerprint density at radius 2 is 2.14 bits per heavy atom. The molecule has 0 spiro atoms. The van der Waals surface area contributed by atoms with Gasteiger partial charge in [-0.15, -0.1) is 11.8 Å². The summed E-state index contributed by atoms with van der Waals surface area (Å²) in [6.45, 7) is 0.656. The van der Waals surface area contributed by atoms with Crippen LogP contribution in [0.3, 0.4) is 0 Å². The number of nitro groups is 1. The number of nitrogens with one attached hydrogen (secondary N) is 1. The average molecular weight is 323 g/mol. The van der Waals surface area contributed by atoms with Crippen LogP contribution in [0.2, 0.25) is 0 Å². The van der Waals surface area contributed by atoms with Crippen molar-refractivity contribution in [1.82, 2.24) is 10.2 Å². The van der Waals surface area contributed by atoms with Gasteiger partial charge in [-0.1, -0.05) is 0 Å². The fourth-order valence-electron chi connectivity index (χ4n) is 2.10. The summed E-state index contributed by atoms with van der Waals surface area (Å²) in [6.07, 6.45) is 0. The Hall–Kier alpha value is -1.10. The zero-order valence-electron chi connectivity index (χ0n) is 11.3. The molecule has 1 N–H and O–H groups in total. The molecule has 2 aliphatic rings. The number of β-lactam (4-membered cyclic amide) rings is 1. The van der Waals surface area contributed by atoms with Crippen LogP contribution < -0.4 is 40.0 Å². The van der Waals surface area contributed by atoms with E-state index in [1.54, 1.807) is 6.92 Å². The van der Waals surface area contributed by atoms with Gasteiger partial charge in [-0.3, -0.25) is 24.6 Å². The Morgan fingerprint density at radius 3 is 2.67 bits per heavy atom. The molecule has 108 valence electrons. The van der Waals surface area contributed by atoms with Gasteiger partial charge in [-0.05, 0) is 12.5 Å². The van der Waals surface area contributed by atoms with Gasteiger partial charge in [0.15, 0.2) is 0 Å². The number of carboxylic acid groups (broad SMARTS) is 1. The van der Waals surface area contributed by atoms with Crippen molar-refractivity contribution in [3.05, 3.63) is 21.4 Å². The number of aliphatic carboxylic acids is 1. The van der Waals surface area contributed by atoms with Crippen LogP contribution in [-0.2, 0) is 14.4 Å². The van der Waals surface area contributed by atoms with Crippen molar-refractivity contribution in [3.63, 3.8) is 0 Å². The molecule has 0 aromatic heterocycles. The number of carboxylic acids is 1. The normalized spacial score (nSPS) is 23.7. The Kier molecular flexibility index (Phi) is 5.79.